The van der Waals surface area contributed by atoms with Crippen molar-refractivity contribution in [1.29, 1.82) is 0 Å². The van der Waals surface area contributed by atoms with Gasteiger partial charge in [0.25, 0.3) is 6.29 Å². The molecule has 0 fully saturated rings. The Bertz CT molecular complexity index is 1310. The van der Waals surface area contributed by atoms with Crippen LogP contribution in [0.3, 0.4) is 0 Å². The molecule has 2 unspecified atom stereocenters. The van der Waals surface area contributed by atoms with Gasteiger partial charge >= 0.3 is 17.9 Å². The molecule has 0 aliphatic carbocycles. The number of carboxylic acid groups (broad SMARTS) is 1. The molecule has 9 nitrogen and oxygen atoms in total. The van der Waals surface area contributed by atoms with Crippen LogP contribution in [-0.4, -0.2) is 87.4 Å². The molecule has 0 spiro atoms. The number of hydrogen-bond acceptors (Lipinski definition) is 7. The lowest BCUT2D eigenvalue weighted by Crippen LogP contribution is -2.40. The highest BCUT2D eigenvalue weighted by Crippen LogP contribution is 2.15. The largest absolute Gasteiger partial charge is 0.477 e. The lowest BCUT2D eigenvalue weighted by atomic mass is 10.0. The van der Waals surface area contributed by atoms with Gasteiger partial charge in [-0.2, -0.15) is 0 Å². The molecule has 9 heteroatoms. The Morgan fingerprint density at radius 2 is 0.783 bits per heavy atom. The monoisotopic (exact) mass is 971 g/mol. The number of ether oxygens (including phenoxy) is 4. The Hall–Kier alpha value is -3.01. The molecular formula is C60H108NO8+. The Balaban J connectivity index is 4.30. The fourth-order valence-corrected chi connectivity index (χ4v) is 7.82. The summed E-state index contributed by atoms with van der Waals surface area (Å²) < 4.78 is 22.9. The van der Waals surface area contributed by atoms with Gasteiger partial charge in [0, 0.05) is 12.8 Å². The van der Waals surface area contributed by atoms with E-state index in [4.69, 9.17) is 18.9 Å². The summed E-state index contributed by atoms with van der Waals surface area (Å²) >= 11 is 0. The highest BCUT2D eigenvalue weighted by Gasteiger charge is 2.25. The fourth-order valence-electron chi connectivity index (χ4n) is 7.82. The van der Waals surface area contributed by atoms with Crippen LogP contribution in [0.4, 0.5) is 0 Å². The van der Waals surface area contributed by atoms with Gasteiger partial charge in [-0.15, -0.1) is 0 Å². The van der Waals surface area contributed by atoms with Crippen molar-refractivity contribution in [3.05, 3.63) is 60.8 Å². The number of aliphatic carboxylic acids is 1. The standard InChI is InChI=1S/C60H107NO8/c1-6-8-10-12-14-16-18-20-22-24-26-28-29-31-32-34-36-38-40-42-44-46-48-50-57(62)67-54-56(55-68-60(59(64)65)66-53-52-61(3,4)5)69-58(63)51-49-47-45-43-41-39-37-35-33-30-27-25-23-21-19-17-15-13-11-9-7-2/h18-21,24-27,33,35,56,60H,6-17,22-23,28-32,34,36-55H2,1-5H3/p+1/b20-18-,21-19-,26-24-,27-25-,35-33-. The van der Waals surface area contributed by atoms with E-state index in [2.05, 4.69) is 74.6 Å². The number of nitrogens with zero attached hydrogens (tertiary/aromatic N) is 1. The molecule has 0 aromatic heterocycles. The van der Waals surface area contributed by atoms with Crippen LogP contribution in [0.5, 0.6) is 0 Å². The second kappa shape index (κ2) is 51.3. The Morgan fingerprint density at radius 1 is 0.435 bits per heavy atom. The highest BCUT2D eigenvalue weighted by molar-refractivity contribution is 5.71. The summed E-state index contributed by atoms with van der Waals surface area (Å²) in [5, 5.41) is 9.70. The molecule has 0 radical (unpaired) electrons. The molecule has 0 aromatic carbocycles. The smallest absolute Gasteiger partial charge is 0.361 e. The summed E-state index contributed by atoms with van der Waals surface area (Å²) in [6.45, 7) is 4.85. The molecular weight excluding hydrogens is 863 g/mol. The maximum Gasteiger partial charge on any atom is 0.361 e. The summed E-state index contributed by atoms with van der Waals surface area (Å²) in [4.78, 5) is 37.4. The number of esters is 2. The Kier molecular flexibility index (Phi) is 49.1. The van der Waals surface area contributed by atoms with Crippen LogP contribution >= 0.6 is 0 Å². The van der Waals surface area contributed by atoms with E-state index in [9.17, 15) is 19.5 Å². The van der Waals surface area contributed by atoms with Gasteiger partial charge in [0.2, 0.25) is 0 Å². The van der Waals surface area contributed by atoms with Gasteiger partial charge in [-0.05, 0) is 83.5 Å². The summed E-state index contributed by atoms with van der Waals surface area (Å²) in [5.74, 6) is -2.02. The highest BCUT2D eigenvalue weighted by atomic mass is 16.7. The molecule has 0 aliphatic rings. The normalized spacial score (nSPS) is 13.2. The van der Waals surface area contributed by atoms with Crippen molar-refractivity contribution < 1.29 is 42.9 Å². The first-order valence-corrected chi connectivity index (χ1v) is 28.5. The van der Waals surface area contributed by atoms with Crippen molar-refractivity contribution >= 4 is 17.9 Å². The number of carbonyl (C=O) groups is 3. The average molecular weight is 972 g/mol. The first-order valence-electron chi connectivity index (χ1n) is 28.5. The minimum Gasteiger partial charge on any atom is -0.477 e. The van der Waals surface area contributed by atoms with Gasteiger partial charge in [0.15, 0.2) is 6.10 Å². The van der Waals surface area contributed by atoms with Crippen LogP contribution < -0.4 is 0 Å². The lowest BCUT2D eigenvalue weighted by Gasteiger charge is -2.25. The number of carbonyl (C=O) groups excluding carboxylic acids is 2. The van der Waals surface area contributed by atoms with Crippen molar-refractivity contribution in [2.75, 3.05) is 47.5 Å². The number of allylic oxidation sites excluding steroid dienone is 10. The lowest BCUT2D eigenvalue weighted by molar-refractivity contribution is -0.870. The van der Waals surface area contributed by atoms with Crippen LogP contribution in [0.25, 0.3) is 0 Å². The zero-order valence-corrected chi connectivity index (χ0v) is 45.5. The van der Waals surface area contributed by atoms with Crippen molar-refractivity contribution in [2.45, 2.75) is 257 Å². The van der Waals surface area contributed by atoms with Gasteiger partial charge < -0.3 is 28.5 Å². The predicted molar refractivity (Wildman–Crippen MR) is 290 cm³/mol. The summed E-state index contributed by atoms with van der Waals surface area (Å²) in [7, 11) is 5.96. The third-order valence-corrected chi connectivity index (χ3v) is 12.2. The van der Waals surface area contributed by atoms with Crippen LogP contribution in [0.2, 0.25) is 0 Å². The molecule has 0 heterocycles. The Labute approximate surface area is 425 Å². The van der Waals surface area contributed by atoms with E-state index in [-0.39, 0.29) is 32.2 Å². The van der Waals surface area contributed by atoms with Crippen molar-refractivity contribution in [1.82, 2.24) is 0 Å². The average Bonchev–Trinajstić information content (AvgIpc) is 3.31. The topological polar surface area (TPSA) is 108 Å². The first-order chi connectivity index (χ1) is 33.6. The molecule has 0 amide bonds. The third kappa shape index (κ3) is 52.6. The molecule has 2 atom stereocenters. The van der Waals surface area contributed by atoms with Gasteiger partial charge in [-0.25, -0.2) is 4.79 Å². The summed E-state index contributed by atoms with van der Waals surface area (Å²) in [6, 6.07) is 0. The molecule has 0 saturated carbocycles. The van der Waals surface area contributed by atoms with Crippen molar-refractivity contribution in [2.24, 2.45) is 0 Å². The number of unbranched alkanes of at least 4 members (excludes halogenated alkanes) is 27. The molecule has 0 aromatic rings. The van der Waals surface area contributed by atoms with Gasteiger partial charge in [0.1, 0.15) is 13.2 Å². The quantitative estimate of drug-likeness (QED) is 0.0211. The molecule has 0 rings (SSSR count). The fraction of sp³-hybridized carbons (Fsp3) is 0.783. The van der Waals surface area contributed by atoms with Gasteiger partial charge in [0.05, 0.1) is 34.4 Å². The van der Waals surface area contributed by atoms with Crippen LogP contribution in [0, 0.1) is 0 Å². The van der Waals surface area contributed by atoms with Crippen LogP contribution in [0.15, 0.2) is 60.8 Å². The molecule has 0 aliphatic heterocycles. The predicted octanol–water partition coefficient (Wildman–Crippen LogP) is 16.5. The third-order valence-electron chi connectivity index (χ3n) is 12.2. The number of quaternary nitrogens is 1. The van der Waals surface area contributed by atoms with E-state index >= 15 is 0 Å². The SMILES string of the molecule is CCCCCCC/C=C\C/C=C\C/C=C\CCCCCCCCC(=O)OC(COC(=O)CCCCCCCCCCCCC/C=C\C/C=C\CCCCCCC)COC(OCC[N+](C)(C)C)C(=O)O. The number of rotatable bonds is 52. The van der Waals surface area contributed by atoms with Crippen molar-refractivity contribution in [3.63, 3.8) is 0 Å². The first kappa shape index (κ1) is 66.0. The van der Waals surface area contributed by atoms with Crippen LogP contribution in [-0.2, 0) is 33.3 Å². The zero-order chi connectivity index (χ0) is 50.6. The summed E-state index contributed by atoms with van der Waals surface area (Å²) in [5.41, 5.74) is 0. The van der Waals surface area contributed by atoms with Gasteiger partial charge in [-0.1, -0.05) is 209 Å². The van der Waals surface area contributed by atoms with Gasteiger partial charge in [-0.3, -0.25) is 9.59 Å². The second-order valence-electron chi connectivity index (χ2n) is 20.2. The second-order valence-corrected chi connectivity index (χ2v) is 20.2. The van der Waals surface area contributed by atoms with Crippen LogP contribution in [0.1, 0.15) is 245 Å². The minimum absolute atomic E-state index is 0.183. The summed E-state index contributed by atoms with van der Waals surface area (Å²) in [6.07, 6.45) is 61.4. The molecule has 1 N–H and O–H groups in total. The number of carboxylic acids is 1. The van der Waals surface area contributed by atoms with E-state index in [0.717, 1.165) is 77.0 Å². The number of likely N-dealkylation sites (N-methyl/N-ethyl adjacent to an activating group) is 1. The van der Waals surface area contributed by atoms with E-state index in [1.165, 1.54) is 135 Å². The minimum atomic E-state index is -1.52. The van der Waals surface area contributed by atoms with E-state index in [1.807, 2.05) is 21.1 Å². The zero-order valence-electron chi connectivity index (χ0n) is 45.5. The molecule has 0 bridgehead atoms. The maximum atomic E-state index is 12.9. The maximum absolute atomic E-state index is 12.9. The Morgan fingerprint density at radius 3 is 1.16 bits per heavy atom. The molecule has 400 valence electrons. The molecule has 0 saturated heterocycles. The van der Waals surface area contributed by atoms with E-state index < -0.39 is 24.3 Å². The van der Waals surface area contributed by atoms with E-state index in [1.54, 1.807) is 0 Å². The molecule has 69 heavy (non-hydrogen) atoms. The number of hydrogen-bond donors (Lipinski definition) is 1. The van der Waals surface area contributed by atoms with E-state index in [0.29, 0.717) is 23.9 Å². The van der Waals surface area contributed by atoms with Crippen molar-refractivity contribution in [3.8, 4) is 0 Å².